The van der Waals surface area contributed by atoms with Crippen molar-refractivity contribution in [3.63, 3.8) is 0 Å². The zero-order chi connectivity index (χ0) is 13.8. The smallest absolute Gasteiger partial charge is 0.414 e. The summed E-state index contributed by atoms with van der Waals surface area (Å²) in [4.78, 5) is 13.1. The lowest BCUT2D eigenvalue weighted by Crippen LogP contribution is -2.43. The van der Waals surface area contributed by atoms with Crippen LogP contribution in [-0.4, -0.2) is 24.7 Å². The van der Waals surface area contributed by atoms with Gasteiger partial charge in [0.05, 0.1) is 0 Å². The van der Waals surface area contributed by atoms with Gasteiger partial charge in [-0.25, -0.2) is 4.79 Å². The number of nitrogens with one attached hydrogen (secondary N) is 2. The van der Waals surface area contributed by atoms with Crippen LogP contribution in [0.15, 0.2) is 30.3 Å². The van der Waals surface area contributed by atoms with Crippen molar-refractivity contribution >= 4 is 17.7 Å². The maximum atomic E-state index is 11.5. The molecular formula is C13H19N3O2. The molecule has 0 saturated heterocycles. The van der Waals surface area contributed by atoms with E-state index in [4.69, 9.17) is 10.1 Å². The zero-order valence-electron chi connectivity index (χ0n) is 11.2. The van der Waals surface area contributed by atoms with Gasteiger partial charge in [-0.1, -0.05) is 18.2 Å². The summed E-state index contributed by atoms with van der Waals surface area (Å²) in [6.07, 6.45) is -0.629. The van der Waals surface area contributed by atoms with Gasteiger partial charge in [0.25, 0.3) is 0 Å². The highest BCUT2D eigenvalue weighted by molar-refractivity contribution is 6.01. The van der Waals surface area contributed by atoms with Crippen LogP contribution in [0.4, 0.5) is 10.5 Å². The summed E-state index contributed by atoms with van der Waals surface area (Å²) in [6, 6.07) is 9.33. The summed E-state index contributed by atoms with van der Waals surface area (Å²) in [6.45, 7) is 5.32. The molecule has 0 heterocycles. The molecule has 2 N–H and O–H groups in total. The number of anilines is 1. The number of ether oxygens (including phenoxy) is 1. The lowest BCUT2D eigenvalue weighted by molar-refractivity contribution is 0.0562. The van der Waals surface area contributed by atoms with Crippen LogP contribution in [0, 0.1) is 5.41 Å². The van der Waals surface area contributed by atoms with Crippen LogP contribution >= 0.6 is 0 Å². The predicted molar refractivity (Wildman–Crippen MR) is 71.9 cm³/mol. The molecule has 0 aromatic heterocycles. The lowest BCUT2D eigenvalue weighted by atomic mass is 10.2. The van der Waals surface area contributed by atoms with Gasteiger partial charge < -0.3 is 9.64 Å². The first-order valence-electron chi connectivity index (χ1n) is 5.67. The molecule has 18 heavy (non-hydrogen) atoms. The molecule has 98 valence electrons. The van der Waals surface area contributed by atoms with E-state index in [1.54, 1.807) is 32.7 Å². The molecule has 0 radical (unpaired) electrons. The fourth-order valence-corrected chi connectivity index (χ4v) is 1.26. The molecule has 1 amide bonds. The Labute approximate surface area is 107 Å². The highest BCUT2D eigenvalue weighted by Gasteiger charge is 2.18. The summed E-state index contributed by atoms with van der Waals surface area (Å²) in [5, 5.41) is 10.2. The largest absolute Gasteiger partial charge is 0.444 e. The Morgan fingerprint density at radius 2 is 1.83 bits per heavy atom. The number of rotatable bonds is 1. The molecule has 0 spiro atoms. The van der Waals surface area contributed by atoms with E-state index in [1.165, 1.54) is 0 Å². The van der Waals surface area contributed by atoms with Gasteiger partial charge in [0.15, 0.2) is 0 Å². The monoisotopic (exact) mass is 249 g/mol. The van der Waals surface area contributed by atoms with E-state index in [2.05, 4.69) is 5.32 Å². The Morgan fingerprint density at radius 3 is 2.33 bits per heavy atom. The molecular weight excluding hydrogens is 230 g/mol. The normalized spacial score (nSPS) is 10.7. The molecule has 0 aliphatic heterocycles. The van der Waals surface area contributed by atoms with E-state index in [9.17, 15) is 4.79 Å². The lowest BCUT2D eigenvalue weighted by Gasteiger charge is -2.23. The SMILES string of the molecule is CN(C(=N)NC(=O)OC(C)(C)C)c1ccccc1. The molecule has 5 heteroatoms. The summed E-state index contributed by atoms with van der Waals surface area (Å²) < 4.78 is 5.08. The standard InChI is InChI=1S/C13H19N3O2/c1-13(2,3)18-12(17)15-11(14)16(4)10-8-6-5-7-9-10/h5-9H,1-4H3,(H2,14,15,17). The van der Waals surface area contributed by atoms with Gasteiger partial charge in [-0.15, -0.1) is 0 Å². The summed E-state index contributed by atoms with van der Waals surface area (Å²) >= 11 is 0. The van der Waals surface area contributed by atoms with Crippen molar-refractivity contribution in [1.29, 1.82) is 5.41 Å². The van der Waals surface area contributed by atoms with E-state index < -0.39 is 11.7 Å². The van der Waals surface area contributed by atoms with Gasteiger partial charge in [-0.05, 0) is 32.9 Å². The second kappa shape index (κ2) is 5.53. The third-order valence-corrected chi connectivity index (χ3v) is 2.10. The van der Waals surface area contributed by atoms with Crippen molar-refractivity contribution in [2.45, 2.75) is 26.4 Å². The van der Waals surface area contributed by atoms with Crippen LogP contribution < -0.4 is 10.2 Å². The molecule has 0 atom stereocenters. The molecule has 1 aromatic carbocycles. The average molecular weight is 249 g/mol. The highest BCUT2D eigenvalue weighted by atomic mass is 16.6. The van der Waals surface area contributed by atoms with Gasteiger partial charge in [0.2, 0.25) is 5.96 Å². The van der Waals surface area contributed by atoms with E-state index in [0.717, 1.165) is 5.69 Å². The van der Waals surface area contributed by atoms with Gasteiger partial charge in [0, 0.05) is 12.7 Å². The average Bonchev–Trinajstić information content (AvgIpc) is 2.26. The Balaban J connectivity index is 2.59. The number of carbonyl (C=O) groups is 1. The number of amides is 1. The number of guanidine groups is 1. The first kappa shape index (κ1) is 14.0. The summed E-state index contributed by atoms with van der Waals surface area (Å²) in [7, 11) is 1.70. The van der Waals surface area contributed by atoms with E-state index in [0.29, 0.717) is 0 Å². The van der Waals surface area contributed by atoms with Crippen LogP contribution in [0.1, 0.15) is 20.8 Å². The Kier molecular flexibility index (Phi) is 4.31. The van der Waals surface area contributed by atoms with Crippen molar-refractivity contribution < 1.29 is 9.53 Å². The Bertz CT molecular complexity index is 424. The minimum atomic E-state index is -0.629. The van der Waals surface area contributed by atoms with Crippen molar-refractivity contribution in [1.82, 2.24) is 5.32 Å². The third kappa shape index (κ3) is 4.45. The topological polar surface area (TPSA) is 65.4 Å². The summed E-state index contributed by atoms with van der Waals surface area (Å²) in [5.41, 5.74) is 0.244. The minimum absolute atomic E-state index is 0.0320. The molecule has 1 rings (SSSR count). The number of carbonyl (C=O) groups excluding carboxylic acids is 1. The third-order valence-electron chi connectivity index (χ3n) is 2.10. The van der Waals surface area contributed by atoms with Crippen molar-refractivity contribution in [2.75, 3.05) is 11.9 Å². The van der Waals surface area contributed by atoms with Crippen molar-refractivity contribution in [3.05, 3.63) is 30.3 Å². The Hall–Kier alpha value is -2.04. The molecule has 0 unspecified atom stereocenters. The van der Waals surface area contributed by atoms with Gasteiger partial charge in [-0.2, -0.15) is 0 Å². The fourth-order valence-electron chi connectivity index (χ4n) is 1.26. The van der Waals surface area contributed by atoms with E-state index in [-0.39, 0.29) is 5.96 Å². The number of hydrogen-bond donors (Lipinski definition) is 2. The number of hydrogen-bond acceptors (Lipinski definition) is 3. The maximum Gasteiger partial charge on any atom is 0.414 e. The van der Waals surface area contributed by atoms with Gasteiger partial charge in [-0.3, -0.25) is 10.7 Å². The van der Waals surface area contributed by atoms with Crippen LogP contribution in [0.5, 0.6) is 0 Å². The highest BCUT2D eigenvalue weighted by Crippen LogP contribution is 2.11. The van der Waals surface area contributed by atoms with Crippen molar-refractivity contribution in [3.8, 4) is 0 Å². The molecule has 0 aliphatic rings. The number of para-hydroxylation sites is 1. The number of benzene rings is 1. The fraction of sp³-hybridized carbons (Fsp3) is 0.385. The number of alkyl carbamates (subject to hydrolysis) is 1. The molecule has 5 nitrogen and oxygen atoms in total. The van der Waals surface area contributed by atoms with Crippen LogP contribution in [0.2, 0.25) is 0 Å². The van der Waals surface area contributed by atoms with E-state index in [1.807, 2.05) is 30.3 Å². The van der Waals surface area contributed by atoms with E-state index >= 15 is 0 Å². The van der Waals surface area contributed by atoms with Gasteiger partial charge >= 0.3 is 6.09 Å². The molecule has 1 aromatic rings. The van der Waals surface area contributed by atoms with Crippen LogP contribution in [-0.2, 0) is 4.74 Å². The van der Waals surface area contributed by atoms with Crippen LogP contribution in [0.25, 0.3) is 0 Å². The van der Waals surface area contributed by atoms with Gasteiger partial charge in [0.1, 0.15) is 5.60 Å². The first-order valence-corrected chi connectivity index (χ1v) is 5.67. The summed E-state index contributed by atoms with van der Waals surface area (Å²) in [5.74, 6) is -0.0320. The molecule has 0 bridgehead atoms. The molecule has 0 fully saturated rings. The Morgan fingerprint density at radius 1 is 1.28 bits per heavy atom. The maximum absolute atomic E-state index is 11.5. The second-order valence-corrected chi connectivity index (χ2v) is 4.87. The van der Waals surface area contributed by atoms with Crippen LogP contribution in [0.3, 0.4) is 0 Å². The predicted octanol–water partition coefficient (Wildman–Crippen LogP) is 2.58. The second-order valence-electron chi connectivity index (χ2n) is 4.87. The molecule has 0 saturated carbocycles. The van der Waals surface area contributed by atoms with Crippen molar-refractivity contribution in [2.24, 2.45) is 0 Å². The minimum Gasteiger partial charge on any atom is -0.444 e. The quantitative estimate of drug-likeness (QED) is 0.594. The first-order chi connectivity index (χ1) is 8.29. The number of nitrogens with zero attached hydrogens (tertiary/aromatic N) is 1. The zero-order valence-corrected chi connectivity index (χ0v) is 11.2. The molecule has 0 aliphatic carbocycles.